The van der Waals surface area contributed by atoms with Gasteiger partial charge < -0.3 is 67.2 Å². The molecule has 0 heterocycles. The van der Waals surface area contributed by atoms with Gasteiger partial charge in [0.15, 0.2) is 0 Å². The van der Waals surface area contributed by atoms with E-state index < -0.39 is 46.9 Å². The quantitative estimate of drug-likeness (QED) is 0.163. The predicted molar refractivity (Wildman–Crippen MR) is 50.0 cm³/mol. The van der Waals surface area contributed by atoms with Crippen molar-refractivity contribution in [1.82, 2.24) is 0 Å². The third-order valence-corrected chi connectivity index (χ3v) is 7.20. The average molecular weight is 781 g/mol. The minimum Gasteiger partial charge on any atom is -0.790 e. The van der Waals surface area contributed by atoms with Crippen LogP contribution in [0.15, 0.2) is 0 Å². The van der Waals surface area contributed by atoms with E-state index in [9.17, 15) is 76.3 Å². The molecule has 0 rings (SSSR count). The summed E-state index contributed by atoms with van der Waals surface area (Å²) in [6.07, 6.45) is 0. The Balaban J connectivity index is -0.0000000640. The van der Waals surface area contributed by atoms with Crippen molar-refractivity contribution < 1.29 is 179 Å². The molecule has 0 aliphatic heterocycles. The Kier molecular flexibility index (Phi) is 30.7. The van der Waals surface area contributed by atoms with Crippen molar-refractivity contribution in [3.8, 4) is 0 Å². The van der Waals surface area contributed by atoms with Crippen LogP contribution >= 0.6 is 46.9 Å². The zero-order valence-corrected chi connectivity index (χ0v) is 24.0. The van der Waals surface area contributed by atoms with E-state index in [0.29, 0.717) is 0 Å². The fraction of sp³-hybridized carbons (Fsp3) is 0. The Morgan fingerprint density at radius 1 is 0.323 bits per heavy atom. The van der Waals surface area contributed by atoms with E-state index in [1.54, 1.807) is 0 Å². The molecule has 0 bridgehead atoms. The molecule has 0 atom stereocenters. The van der Waals surface area contributed by atoms with E-state index in [2.05, 4.69) is 17.2 Å². The third kappa shape index (κ3) is 43.9. The molecule has 0 N–H and O–H groups in total. The maximum Gasteiger partial charge on any atom is 2.00 e. The largest absolute Gasteiger partial charge is 2.00 e. The fourth-order valence-corrected chi connectivity index (χ4v) is 5.21. The van der Waals surface area contributed by atoms with Gasteiger partial charge in [0.2, 0.25) is 0 Å². The predicted octanol–water partition coefficient (Wildman–Crippen LogP) is -7.72. The van der Waals surface area contributed by atoms with E-state index in [-0.39, 0.29) is 85.3 Å². The molecule has 31 heavy (non-hydrogen) atoms. The summed E-state index contributed by atoms with van der Waals surface area (Å²) in [6.45, 7) is 0. The van der Waals surface area contributed by atoms with Gasteiger partial charge in [-0.2, -0.15) is 0 Å². The van der Waals surface area contributed by atoms with Gasteiger partial charge >= 0.3 is 85.3 Å². The summed E-state index contributed by atoms with van der Waals surface area (Å²) >= 11 is 0. The van der Waals surface area contributed by atoms with E-state index >= 15 is 0 Å². The molecular formula is Mn5O20P6. The van der Waals surface area contributed by atoms with Crippen LogP contribution in [0, 0.1) is 0 Å². The molecule has 0 fully saturated rings. The Morgan fingerprint density at radius 2 is 0.419 bits per heavy atom. The van der Waals surface area contributed by atoms with Crippen molar-refractivity contribution in [2.24, 2.45) is 0 Å². The molecule has 0 saturated heterocycles. The van der Waals surface area contributed by atoms with E-state index in [4.69, 9.17) is 0 Å². The van der Waals surface area contributed by atoms with Crippen molar-refractivity contribution in [2.75, 3.05) is 0 Å². The van der Waals surface area contributed by atoms with Crippen LogP contribution in [-0.4, -0.2) is 0 Å². The molecule has 0 aromatic heterocycles. The van der Waals surface area contributed by atoms with Crippen molar-refractivity contribution in [2.45, 2.75) is 0 Å². The molecule has 0 aliphatic rings. The van der Waals surface area contributed by atoms with Gasteiger partial charge in [-0.05, 0) is 0 Å². The summed E-state index contributed by atoms with van der Waals surface area (Å²) in [7, 11) is -35.8. The standard InChI is InChI=1S/5Mn.2H5O10P3/c;;;;;2*1-11(2,3)9-13(7,8)10-12(4,5)6/h;;;;;2*(H,7,8)(H2,1,2,3)(H2,4,5,6)/q5*+2;;/p-10. The number of rotatable bonds is 8. The molecule has 20 nitrogen and oxygen atoms in total. The molecule has 0 spiro atoms. The summed E-state index contributed by atoms with van der Waals surface area (Å²) in [5.74, 6) is 0. The summed E-state index contributed by atoms with van der Waals surface area (Å²) in [5.41, 5.74) is 0. The minimum atomic E-state index is -5.97. The molecule has 0 aliphatic carbocycles. The summed E-state index contributed by atoms with van der Waals surface area (Å²) in [4.78, 5) is 97.3. The summed E-state index contributed by atoms with van der Waals surface area (Å²) < 4.78 is 69.4. The molecule has 31 heteroatoms. The molecule has 0 unspecified atom stereocenters. The zero-order chi connectivity index (χ0) is 21.8. The van der Waals surface area contributed by atoms with Crippen molar-refractivity contribution in [3.05, 3.63) is 0 Å². The minimum absolute atomic E-state index is 0. The number of hydrogen-bond acceptors (Lipinski definition) is 20. The van der Waals surface area contributed by atoms with Gasteiger partial charge in [0.05, 0.1) is 31.3 Å². The second-order valence-electron chi connectivity index (χ2n) is 3.01. The van der Waals surface area contributed by atoms with Crippen LogP contribution in [0.2, 0.25) is 0 Å². The summed E-state index contributed by atoms with van der Waals surface area (Å²) in [5, 5.41) is 0. The molecule has 0 aromatic rings. The Hall–Kier alpha value is 3.42. The molecule has 0 aromatic carbocycles. The fourth-order valence-electron chi connectivity index (χ4n) is 0.520. The van der Waals surface area contributed by atoms with Crippen LogP contribution in [0.3, 0.4) is 0 Å². The van der Waals surface area contributed by atoms with Crippen LogP contribution in [0.5, 0.6) is 0 Å². The van der Waals surface area contributed by atoms with Crippen LogP contribution in [0.25, 0.3) is 0 Å². The Morgan fingerprint density at radius 3 is 0.484 bits per heavy atom. The average Bonchev–Trinajstić information content (AvgIpc) is 1.97. The number of hydrogen-bond donors (Lipinski definition) is 0. The van der Waals surface area contributed by atoms with E-state index in [1.165, 1.54) is 0 Å². The van der Waals surface area contributed by atoms with Gasteiger partial charge in [-0.15, -0.1) is 0 Å². The van der Waals surface area contributed by atoms with Gasteiger partial charge in [-0.25, -0.2) is 0 Å². The monoisotopic (exact) mass is 780 g/mol. The molecule has 185 valence electrons. The Labute approximate surface area is 224 Å². The second-order valence-corrected chi connectivity index (χ2v) is 11.0. The molecule has 0 amide bonds. The van der Waals surface area contributed by atoms with Gasteiger partial charge in [-0.3, -0.25) is 26.4 Å². The maximum absolute atomic E-state index is 10.1. The molecular weight excluding hydrogens is 781 g/mol. The van der Waals surface area contributed by atoms with Gasteiger partial charge in [0.25, 0.3) is 15.6 Å². The van der Waals surface area contributed by atoms with Gasteiger partial charge in [-0.1, -0.05) is 0 Å². The van der Waals surface area contributed by atoms with Crippen molar-refractivity contribution >= 4 is 46.9 Å². The molecule has 5 radical (unpaired) electrons. The van der Waals surface area contributed by atoms with Crippen LogP contribution in [0.4, 0.5) is 0 Å². The zero-order valence-electron chi connectivity index (χ0n) is 12.7. The van der Waals surface area contributed by atoms with Gasteiger partial charge in [0.1, 0.15) is 0 Å². The topological polar surface area (TPSA) is 370 Å². The van der Waals surface area contributed by atoms with E-state index in [0.717, 1.165) is 0 Å². The first-order valence-electron chi connectivity index (χ1n) is 4.38. The van der Waals surface area contributed by atoms with Crippen molar-refractivity contribution in [3.63, 3.8) is 0 Å². The second kappa shape index (κ2) is 18.6. The van der Waals surface area contributed by atoms with E-state index in [1.807, 2.05) is 0 Å². The van der Waals surface area contributed by atoms with Gasteiger partial charge in [0, 0.05) is 0 Å². The normalized spacial score (nSPS) is 12.2. The smallest absolute Gasteiger partial charge is 0.790 e. The third-order valence-electron chi connectivity index (χ3n) is 0.800. The van der Waals surface area contributed by atoms with Crippen LogP contribution < -0.4 is 48.9 Å². The Bertz CT molecular complexity index is 628. The first kappa shape index (κ1) is 51.1. The van der Waals surface area contributed by atoms with Crippen molar-refractivity contribution in [1.29, 1.82) is 0 Å². The van der Waals surface area contributed by atoms with Crippen LogP contribution in [0.1, 0.15) is 0 Å². The molecule has 0 saturated carbocycles. The first-order chi connectivity index (χ1) is 10.8. The number of phosphoric acid groups is 6. The first-order valence-corrected chi connectivity index (χ1v) is 13.1. The van der Waals surface area contributed by atoms with Crippen LogP contribution in [-0.2, 0) is 130 Å². The maximum atomic E-state index is 10.1. The SMILES string of the molecule is O=P([O-])([O-])OP(=O)([O-])OP(=O)([O-])[O-].O=P([O-])([O-])OP(=O)([O-])OP(=O)([O-])[O-].[Mn+2].[Mn+2].[Mn+2].[Mn+2].[Mn+2]. The summed E-state index contributed by atoms with van der Waals surface area (Å²) in [6, 6.07) is 0.